The van der Waals surface area contributed by atoms with Crippen LogP contribution in [0, 0.1) is 0 Å². The van der Waals surface area contributed by atoms with Gasteiger partial charge < -0.3 is 9.47 Å². The van der Waals surface area contributed by atoms with Gasteiger partial charge in [0.05, 0.1) is 10.5 Å². The molecule has 0 atom stereocenters. The Morgan fingerprint density at radius 3 is 2.63 bits per heavy atom. The molecule has 1 saturated heterocycles. The lowest BCUT2D eigenvalue weighted by molar-refractivity contribution is 0.150. The van der Waals surface area contributed by atoms with Crippen molar-refractivity contribution in [1.82, 2.24) is 14.4 Å². The van der Waals surface area contributed by atoms with Crippen LogP contribution in [0.15, 0.2) is 30.5 Å². The second-order valence-electron chi connectivity index (χ2n) is 5.33. The van der Waals surface area contributed by atoms with Crippen LogP contribution in [-0.4, -0.2) is 54.1 Å². The lowest BCUT2D eigenvalue weighted by Gasteiger charge is -2.32. The van der Waals surface area contributed by atoms with Crippen LogP contribution >= 0.6 is 11.6 Å². The molecule has 0 amide bonds. The van der Waals surface area contributed by atoms with Crippen molar-refractivity contribution in [1.29, 1.82) is 0 Å². The first-order chi connectivity index (χ1) is 9.24. The van der Waals surface area contributed by atoms with Gasteiger partial charge in [-0.05, 0) is 19.2 Å². The number of benzene rings is 1. The molecule has 102 valence electrons. The van der Waals surface area contributed by atoms with E-state index in [2.05, 4.69) is 39.7 Å². The summed E-state index contributed by atoms with van der Waals surface area (Å²) in [5.74, 6) is 0. The fraction of sp³-hybridized carbons (Fsp3) is 0.467. The molecule has 0 unspecified atom stereocenters. The standard InChI is InChI=1S/C15H20ClN3/c1-17-7-9-18(10-8-17)11-12-19-6-5-13-3-2-4-14(16)15(13)19/h2-6H,7-12H2,1H3. The normalized spacial score (nSPS) is 18.2. The largest absolute Gasteiger partial charge is 0.345 e. The SMILES string of the molecule is CN1CCN(CCn2ccc3cccc(Cl)c32)CC1. The third-order valence-electron chi connectivity index (χ3n) is 3.99. The summed E-state index contributed by atoms with van der Waals surface area (Å²) in [5.41, 5.74) is 1.17. The quantitative estimate of drug-likeness (QED) is 0.854. The van der Waals surface area contributed by atoms with Crippen molar-refractivity contribution in [2.24, 2.45) is 0 Å². The Morgan fingerprint density at radius 2 is 1.84 bits per heavy atom. The Hall–Kier alpha value is -1.03. The molecule has 0 N–H and O–H groups in total. The number of hydrogen-bond donors (Lipinski definition) is 0. The number of rotatable bonds is 3. The average Bonchev–Trinajstić information content (AvgIpc) is 2.83. The number of nitrogens with zero attached hydrogens (tertiary/aromatic N) is 3. The van der Waals surface area contributed by atoms with Gasteiger partial charge in [0.25, 0.3) is 0 Å². The molecule has 0 saturated carbocycles. The van der Waals surface area contributed by atoms with Crippen molar-refractivity contribution < 1.29 is 0 Å². The van der Waals surface area contributed by atoms with Crippen molar-refractivity contribution in [3.05, 3.63) is 35.5 Å². The summed E-state index contributed by atoms with van der Waals surface area (Å²) in [5, 5.41) is 2.08. The van der Waals surface area contributed by atoms with E-state index in [1.807, 2.05) is 12.1 Å². The Kier molecular flexibility index (Phi) is 3.78. The molecule has 2 heterocycles. The van der Waals surface area contributed by atoms with Crippen molar-refractivity contribution in [2.45, 2.75) is 6.54 Å². The zero-order chi connectivity index (χ0) is 13.2. The molecule has 4 heteroatoms. The maximum absolute atomic E-state index is 6.30. The van der Waals surface area contributed by atoms with Gasteiger partial charge in [-0.1, -0.05) is 23.7 Å². The number of halogens is 1. The van der Waals surface area contributed by atoms with E-state index in [1.165, 1.54) is 37.1 Å². The smallest absolute Gasteiger partial charge is 0.0670 e. The molecule has 3 nitrogen and oxygen atoms in total. The molecule has 1 fully saturated rings. The summed E-state index contributed by atoms with van der Waals surface area (Å²) in [7, 11) is 2.19. The molecular formula is C15H20ClN3. The fourth-order valence-corrected chi connectivity index (χ4v) is 3.01. The van der Waals surface area contributed by atoms with Crippen molar-refractivity contribution >= 4 is 22.5 Å². The van der Waals surface area contributed by atoms with Gasteiger partial charge in [-0.25, -0.2) is 0 Å². The summed E-state index contributed by atoms with van der Waals surface area (Å²) in [6.45, 7) is 6.80. The molecule has 0 radical (unpaired) electrons. The van der Waals surface area contributed by atoms with E-state index >= 15 is 0 Å². The highest BCUT2D eigenvalue weighted by molar-refractivity contribution is 6.35. The summed E-state index contributed by atoms with van der Waals surface area (Å²) < 4.78 is 2.27. The summed E-state index contributed by atoms with van der Waals surface area (Å²) in [4.78, 5) is 4.92. The van der Waals surface area contributed by atoms with Crippen LogP contribution in [0.2, 0.25) is 5.02 Å². The molecular weight excluding hydrogens is 258 g/mol. The molecule has 1 aliphatic heterocycles. The van der Waals surface area contributed by atoms with E-state index in [-0.39, 0.29) is 0 Å². The number of aromatic nitrogens is 1. The number of likely N-dealkylation sites (N-methyl/N-ethyl adjacent to an activating group) is 1. The van der Waals surface area contributed by atoms with Crippen LogP contribution in [0.5, 0.6) is 0 Å². The van der Waals surface area contributed by atoms with Crippen LogP contribution in [0.1, 0.15) is 0 Å². The first kappa shape index (κ1) is 13.0. The monoisotopic (exact) mass is 277 g/mol. The third kappa shape index (κ3) is 2.78. The van der Waals surface area contributed by atoms with Crippen LogP contribution in [0.4, 0.5) is 0 Å². The Bertz CT molecular complexity index is 556. The molecule has 0 spiro atoms. The second kappa shape index (κ2) is 5.53. The second-order valence-corrected chi connectivity index (χ2v) is 5.74. The van der Waals surface area contributed by atoms with Crippen LogP contribution in [0.25, 0.3) is 10.9 Å². The van der Waals surface area contributed by atoms with Crippen molar-refractivity contribution in [3.63, 3.8) is 0 Å². The summed E-state index contributed by atoms with van der Waals surface area (Å²) in [6.07, 6.45) is 2.15. The number of hydrogen-bond acceptors (Lipinski definition) is 2. The van der Waals surface area contributed by atoms with E-state index in [9.17, 15) is 0 Å². The van der Waals surface area contributed by atoms with E-state index in [1.54, 1.807) is 0 Å². The molecule has 3 rings (SSSR count). The van der Waals surface area contributed by atoms with Gasteiger partial charge >= 0.3 is 0 Å². The highest BCUT2D eigenvalue weighted by Crippen LogP contribution is 2.24. The van der Waals surface area contributed by atoms with Crippen molar-refractivity contribution in [2.75, 3.05) is 39.8 Å². The van der Waals surface area contributed by atoms with Crippen molar-refractivity contribution in [3.8, 4) is 0 Å². The highest BCUT2D eigenvalue weighted by Gasteiger charge is 2.13. The molecule has 0 bridgehead atoms. The van der Waals surface area contributed by atoms with Crippen LogP contribution < -0.4 is 0 Å². The third-order valence-corrected chi connectivity index (χ3v) is 4.30. The first-order valence-corrected chi connectivity index (χ1v) is 7.26. The van der Waals surface area contributed by atoms with E-state index in [4.69, 9.17) is 11.6 Å². The van der Waals surface area contributed by atoms with E-state index in [0.717, 1.165) is 18.1 Å². The lowest BCUT2D eigenvalue weighted by Crippen LogP contribution is -2.45. The Labute approximate surface area is 119 Å². The molecule has 1 aliphatic rings. The molecule has 19 heavy (non-hydrogen) atoms. The minimum Gasteiger partial charge on any atom is -0.345 e. The summed E-state index contributed by atoms with van der Waals surface area (Å²) >= 11 is 6.30. The van der Waals surface area contributed by atoms with Gasteiger partial charge in [0.15, 0.2) is 0 Å². The Balaban J connectivity index is 1.69. The van der Waals surface area contributed by atoms with E-state index in [0.29, 0.717) is 0 Å². The zero-order valence-corrected chi connectivity index (χ0v) is 12.1. The maximum atomic E-state index is 6.30. The summed E-state index contributed by atoms with van der Waals surface area (Å²) in [6, 6.07) is 8.24. The molecule has 1 aromatic carbocycles. The molecule has 1 aromatic heterocycles. The maximum Gasteiger partial charge on any atom is 0.0670 e. The molecule has 2 aromatic rings. The van der Waals surface area contributed by atoms with Gasteiger partial charge in [-0.15, -0.1) is 0 Å². The van der Waals surface area contributed by atoms with Crippen LogP contribution in [-0.2, 0) is 6.54 Å². The van der Waals surface area contributed by atoms with Gasteiger partial charge in [0.2, 0.25) is 0 Å². The highest BCUT2D eigenvalue weighted by atomic mass is 35.5. The minimum absolute atomic E-state index is 0.848. The topological polar surface area (TPSA) is 11.4 Å². The van der Waals surface area contributed by atoms with Crippen LogP contribution in [0.3, 0.4) is 0 Å². The predicted molar refractivity (Wildman–Crippen MR) is 80.9 cm³/mol. The van der Waals surface area contributed by atoms with Gasteiger partial charge in [-0.3, -0.25) is 4.90 Å². The zero-order valence-electron chi connectivity index (χ0n) is 11.3. The van der Waals surface area contributed by atoms with Gasteiger partial charge in [0.1, 0.15) is 0 Å². The molecule has 0 aliphatic carbocycles. The number of piperazine rings is 1. The Morgan fingerprint density at radius 1 is 1.05 bits per heavy atom. The lowest BCUT2D eigenvalue weighted by atomic mass is 10.2. The van der Waals surface area contributed by atoms with Gasteiger partial charge in [0, 0.05) is 50.9 Å². The van der Waals surface area contributed by atoms with E-state index < -0.39 is 0 Å². The first-order valence-electron chi connectivity index (χ1n) is 6.88. The predicted octanol–water partition coefficient (Wildman–Crippen LogP) is 2.54. The number of para-hydroxylation sites is 1. The number of fused-ring (bicyclic) bond motifs is 1. The van der Waals surface area contributed by atoms with Gasteiger partial charge in [-0.2, -0.15) is 0 Å². The minimum atomic E-state index is 0.848. The fourth-order valence-electron chi connectivity index (χ4n) is 2.72. The average molecular weight is 278 g/mol.